The Kier molecular flexibility index (Phi) is 2.10. The molecule has 0 saturated carbocycles. The topological polar surface area (TPSA) is 20.2 Å². The Morgan fingerprint density at radius 3 is 2.64 bits per heavy atom. The van der Waals surface area contributed by atoms with Crippen molar-refractivity contribution >= 4 is 6.08 Å². The first-order chi connectivity index (χ1) is 6.59. The molecule has 0 radical (unpaired) electrons. The van der Waals surface area contributed by atoms with E-state index in [1.165, 1.54) is 16.7 Å². The average molecular weight is 188 g/mol. The molecule has 1 aliphatic rings. The van der Waals surface area contributed by atoms with Crippen molar-refractivity contribution < 1.29 is 5.11 Å². The van der Waals surface area contributed by atoms with Crippen molar-refractivity contribution in [1.82, 2.24) is 0 Å². The van der Waals surface area contributed by atoms with Crippen LogP contribution < -0.4 is 0 Å². The van der Waals surface area contributed by atoms with Gasteiger partial charge in [0, 0.05) is 5.92 Å². The van der Waals surface area contributed by atoms with E-state index in [1.807, 2.05) is 12.1 Å². The number of fused-ring (bicyclic) bond motifs is 1. The number of phenolic OH excluding ortho intramolecular Hbond substituents is 1. The average Bonchev–Trinajstić information content (AvgIpc) is 2.43. The van der Waals surface area contributed by atoms with E-state index in [-0.39, 0.29) is 0 Å². The standard InChI is InChI=1S/C13H16O/c1-8(2)13-7-10-6-11(14)4-5-12(10)9(13)3/h4-9,14H,1-3H3/t9-/m0/s1. The number of aromatic hydroxyl groups is 1. The predicted octanol–water partition coefficient (Wildman–Crippen LogP) is 3.55. The molecule has 1 aromatic rings. The lowest BCUT2D eigenvalue weighted by atomic mass is 9.91. The zero-order chi connectivity index (χ0) is 10.3. The van der Waals surface area contributed by atoms with E-state index in [0.717, 1.165) is 0 Å². The number of phenols is 1. The van der Waals surface area contributed by atoms with Crippen LogP contribution in [0.25, 0.3) is 6.08 Å². The highest BCUT2D eigenvalue weighted by atomic mass is 16.3. The maximum absolute atomic E-state index is 9.38. The molecule has 0 aliphatic heterocycles. The van der Waals surface area contributed by atoms with Crippen molar-refractivity contribution in [2.75, 3.05) is 0 Å². The first kappa shape index (κ1) is 9.32. The fraction of sp³-hybridized carbons (Fsp3) is 0.385. The molecule has 0 fully saturated rings. The lowest BCUT2D eigenvalue weighted by molar-refractivity contribution is 0.475. The fourth-order valence-electron chi connectivity index (χ4n) is 2.23. The van der Waals surface area contributed by atoms with Crippen LogP contribution in [0.15, 0.2) is 23.8 Å². The molecule has 1 atom stereocenters. The molecule has 0 saturated heterocycles. The Balaban J connectivity index is 2.47. The first-order valence-corrected chi connectivity index (χ1v) is 5.14. The van der Waals surface area contributed by atoms with Gasteiger partial charge in [-0.2, -0.15) is 0 Å². The largest absolute Gasteiger partial charge is 0.508 e. The maximum Gasteiger partial charge on any atom is 0.116 e. The SMILES string of the molecule is CC(C)C1=Cc2cc(O)ccc2[C@@H]1C. The molecule has 0 unspecified atom stereocenters. The number of hydrogen-bond acceptors (Lipinski definition) is 1. The second-order valence-corrected chi connectivity index (χ2v) is 4.33. The Hall–Kier alpha value is -1.24. The van der Waals surface area contributed by atoms with Crippen molar-refractivity contribution in [3.8, 4) is 5.75 Å². The molecule has 1 N–H and O–H groups in total. The van der Waals surface area contributed by atoms with Crippen molar-refractivity contribution in [1.29, 1.82) is 0 Å². The minimum Gasteiger partial charge on any atom is -0.508 e. The molecule has 14 heavy (non-hydrogen) atoms. The van der Waals surface area contributed by atoms with E-state index in [4.69, 9.17) is 0 Å². The number of rotatable bonds is 1. The van der Waals surface area contributed by atoms with E-state index in [2.05, 4.69) is 26.8 Å². The van der Waals surface area contributed by atoms with Gasteiger partial charge in [-0.05, 0) is 29.2 Å². The van der Waals surface area contributed by atoms with Gasteiger partial charge in [-0.3, -0.25) is 0 Å². The Morgan fingerprint density at radius 2 is 2.00 bits per heavy atom. The quantitative estimate of drug-likeness (QED) is 0.714. The van der Waals surface area contributed by atoms with E-state index in [9.17, 15) is 5.11 Å². The second-order valence-electron chi connectivity index (χ2n) is 4.33. The summed E-state index contributed by atoms with van der Waals surface area (Å²) in [6, 6.07) is 5.65. The Morgan fingerprint density at radius 1 is 1.29 bits per heavy atom. The van der Waals surface area contributed by atoms with Crippen LogP contribution in [-0.4, -0.2) is 5.11 Å². The van der Waals surface area contributed by atoms with Gasteiger partial charge in [0.25, 0.3) is 0 Å². The van der Waals surface area contributed by atoms with Crippen LogP contribution >= 0.6 is 0 Å². The summed E-state index contributed by atoms with van der Waals surface area (Å²) in [6.07, 6.45) is 2.21. The van der Waals surface area contributed by atoms with Gasteiger partial charge in [0.2, 0.25) is 0 Å². The van der Waals surface area contributed by atoms with Crippen molar-refractivity contribution in [2.45, 2.75) is 26.7 Å². The van der Waals surface area contributed by atoms with Crippen LogP contribution in [0.2, 0.25) is 0 Å². The molecule has 1 nitrogen and oxygen atoms in total. The third-order valence-corrected chi connectivity index (χ3v) is 3.03. The van der Waals surface area contributed by atoms with Gasteiger partial charge in [-0.25, -0.2) is 0 Å². The van der Waals surface area contributed by atoms with Gasteiger partial charge in [0.15, 0.2) is 0 Å². The van der Waals surface area contributed by atoms with Crippen LogP contribution in [0.1, 0.15) is 37.8 Å². The van der Waals surface area contributed by atoms with Crippen LogP contribution in [0, 0.1) is 5.92 Å². The monoisotopic (exact) mass is 188 g/mol. The van der Waals surface area contributed by atoms with Gasteiger partial charge in [-0.15, -0.1) is 0 Å². The van der Waals surface area contributed by atoms with E-state index in [1.54, 1.807) is 6.07 Å². The number of hydrogen-bond donors (Lipinski definition) is 1. The molecule has 74 valence electrons. The smallest absolute Gasteiger partial charge is 0.116 e. The minimum absolute atomic E-state index is 0.359. The van der Waals surface area contributed by atoms with Gasteiger partial charge >= 0.3 is 0 Å². The molecule has 1 heteroatoms. The molecular formula is C13H16O. The summed E-state index contributed by atoms with van der Waals surface area (Å²) in [5.74, 6) is 1.45. The summed E-state index contributed by atoms with van der Waals surface area (Å²) < 4.78 is 0. The maximum atomic E-state index is 9.38. The molecule has 0 amide bonds. The van der Waals surface area contributed by atoms with E-state index < -0.39 is 0 Å². The molecule has 2 rings (SSSR count). The molecule has 0 aromatic heterocycles. The lowest BCUT2D eigenvalue weighted by Gasteiger charge is -2.14. The van der Waals surface area contributed by atoms with Crippen LogP contribution in [0.3, 0.4) is 0 Å². The summed E-state index contributed by atoms with van der Waals surface area (Å²) in [5, 5.41) is 9.38. The fourth-order valence-corrected chi connectivity index (χ4v) is 2.23. The van der Waals surface area contributed by atoms with Gasteiger partial charge in [0.1, 0.15) is 5.75 Å². The summed E-state index contributed by atoms with van der Waals surface area (Å²) in [5.41, 5.74) is 3.98. The van der Waals surface area contributed by atoms with Crippen LogP contribution in [0.5, 0.6) is 5.75 Å². The highest BCUT2D eigenvalue weighted by Crippen LogP contribution is 2.40. The van der Waals surface area contributed by atoms with Gasteiger partial charge < -0.3 is 5.11 Å². The van der Waals surface area contributed by atoms with E-state index >= 15 is 0 Å². The Bertz CT molecular complexity index is 388. The predicted molar refractivity (Wildman–Crippen MR) is 59.3 cm³/mol. The highest BCUT2D eigenvalue weighted by Gasteiger charge is 2.22. The van der Waals surface area contributed by atoms with Crippen LogP contribution in [0.4, 0.5) is 0 Å². The molecule has 1 aliphatic carbocycles. The third kappa shape index (κ3) is 1.33. The zero-order valence-corrected chi connectivity index (χ0v) is 8.91. The summed E-state index contributed by atoms with van der Waals surface area (Å²) in [7, 11) is 0. The molecule has 0 heterocycles. The first-order valence-electron chi connectivity index (χ1n) is 5.14. The van der Waals surface area contributed by atoms with Crippen LogP contribution in [-0.2, 0) is 0 Å². The summed E-state index contributed by atoms with van der Waals surface area (Å²) in [6.45, 7) is 6.66. The van der Waals surface area contributed by atoms with Gasteiger partial charge in [-0.1, -0.05) is 38.5 Å². The summed E-state index contributed by atoms with van der Waals surface area (Å²) in [4.78, 5) is 0. The summed E-state index contributed by atoms with van der Waals surface area (Å²) >= 11 is 0. The zero-order valence-electron chi connectivity index (χ0n) is 8.91. The molecule has 0 spiro atoms. The number of allylic oxidation sites excluding steroid dienone is 1. The third-order valence-electron chi connectivity index (χ3n) is 3.03. The molecular weight excluding hydrogens is 172 g/mol. The van der Waals surface area contributed by atoms with Crippen molar-refractivity contribution in [3.63, 3.8) is 0 Å². The normalized spacial score (nSPS) is 19.7. The highest BCUT2D eigenvalue weighted by molar-refractivity contribution is 5.67. The van der Waals surface area contributed by atoms with Crippen molar-refractivity contribution in [3.05, 3.63) is 34.9 Å². The lowest BCUT2D eigenvalue weighted by Crippen LogP contribution is -1.99. The molecule has 1 aromatic carbocycles. The minimum atomic E-state index is 0.359. The molecule has 0 bridgehead atoms. The Labute approximate surface area is 85.1 Å². The number of benzene rings is 1. The van der Waals surface area contributed by atoms with E-state index in [0.29, 0.717) is 17.6 Å². The second kappa shape index (κ2) is 3.16. The van der Waals surface area contributed by atoms with Crippen molar-refractivity contribution in [2.24, 2.45) is 5.92 Å². The van der Waals surface area contributed by atoms with Gasteiger partial charge in [0.05, 0.1) is 0 Å².